The van der Waals surface area contributed by atoms with Gasteiger partial charge in [-0.25, -0.2) is 0 Å². The molecule has 0 aromatic heterocycles. The van der Waals surface area contributed by atoms with Crippen molar-refractivity contribution in [3.8, 4) is 0 Å². The highest BCUT2D eigenvalue weighted by molar-refractivity contribution is 6.01. The van der Waals surface area contributed by atoms with E-state index < -0.39 is 11.4 Å². The first-order valence-electron chi connectivity index (χ1n) is 5.06. The van der Waals surface area contributed by atoms with Crippen molar-refractivity contribution in [1.82, 2.24) is 4.90 Å². The molecule has 0 radical (unpaired) electrons. The molecular weight excluding hydrogens is 194 g/mol. The number of carboxylic acids is 1. The molecule has 1 rings (SSSR count). The number of aliphatic carboxylic acids is 1. The molecule has 0 heterocycles. The zero-order chi connectivity index (χ0) is 11.6. The van der Waals surface area contributed by atoms with Crippen molar-refractivity contribution in [2.75, 3.05) is 6.54 Å². The molecule has 0 saturated heterocycles. The Morgan fingerprint density at radius 1 is 1.53 bits per heavy atom. The van der Waals surface area contributed by atoms with Crippen LogP contribution in [0, 0.1) is 5.41 Å². The number of carbonyl (C=O) groups excluding carboxylic acids is 1. The number of hydrogen-bond donors (Lipinski definition) is 1. The minimum absolute atomic E-state index is 0.217. The molecule has 0 aromatic rings. The summed E-state index contributed by atoms with van der Waals surface area (Å²) in [4.78, 5) is 24.5. The van der Waals surface area contributed by atoms with Gasteiger partial charge in [0.15, 0.2) is 0 Å². The first kappa shape index (κ1) is 11.8. The highest BCUT2D eigenvalue weighted by Gasteiger charge is 2.43. The minimum atomic E-state index is -1.34. The van der Waals surface area contributed by atoms with E-state index in [-0.39, 0.29) is 11.9 Å². The Kier molecular flexibility index (Phi) is 3.17. The van der Waals surface area contributed by atoms with Gasteiger partial charge in [-0.15, -0.1) is 6.58 Å². The fraction of sp³-hybridized carbons (Fsp3) is 0.636. The highest BCUT2D eigenvalue weighted by atomic mass is 16.4. The van der Waals surface area contributed by atoms with Gasteiger partial charge in [-0.1, -0.05) is 6.08 Å². The van der Waals surface area contributed by atoms with Crippen LogP contribution >= 0.6 is 0 Å². The van der Waals surface area contributed by atoms with E-state index in [2.05, 4.69) is 6.58 Å². The van der Waals surface area contributed by atoms with Crippen LogP contribution in [-0.4, -0.2) is 34.5 Å². The van der Waals surface area contributed by atoms with E-state index >= 15 is 0 Å². The first-order chi connectivity index (χ1) is 6.91. The number of amides is 1. The minimum Gasteiger partial charge on any atom is -0.480 e. The predicted octanol–water partition coefficient (Wildman–Crippen LogP) is 1.27. The molecule has 84 valence electrons. The molecule has 0 aliphatic heterocycles. The van der Waals surface area contributed by atoms with Crippen molar-refractivity contribution in [3.05, 3.63) is 12.7 Å². The quantitative estimate of drug-likeness (QED) is 0.550. The van der Waals surface area contributed by atoms with E-state index in [1.807, 2.05) is 0 Å². The average molecular weight is 211 g/mol. The molecule has 1 aliphatic rings. The molecule has 15 heavy (non-hydrogen) atoms. The van der Waals surface area contributed by atoms with Gasteiger partial charge in [0.2, 0.25) is 5.91 Å². The molecule has 1 fully saturated rings. The van der Waals surface area contributed by atoms with Crippen LogP contribution in [0.4, 0.5) is 0 Å². The van der Waals surface area contributed by atoms with Crippen molar-refractivity contribution in [3.63, 3.8) is 0 Å². The number of nitrogens with zero attached hydrogens (tertiary/aromatic N) is 1. The third-order valence-electron chi connectivity index (χ3n) is 2.64. The Hall–Kier alpha value is -1.32. The van der Waals surface area contributed by atoms with E-state index in [9.17, 15) is 9.59 Å². The van der Waals surface area contributed by atoms with E-state index in [0.29, 0.717) is 6.54 Å². The second-order valence-corrected chi connectivity index (χ2v) is 4.41. The third-order valence-corrected chi connectivity index (χ3v) is 2.64. The molecule has 1 saturated carbocycles. The second-order valence-electron chi connectivity index (χ2n) is 4.41. The van der Waals surface area contributed by atoms with Crippen LogP contribution in [0.1, 0.15) is 26.7 Å². The number of carbonyl (C=O) groups is 2. The maximum atomic E-state index is 12.0. The number of rotatable bonds is 5. The lowest BCUT2D eigenvalue weighted by atomic mass is 9.91. The van der Waals surface area contributed by atoms with Gasteiger partial charge in [0, 0.05) is 12.6 Å². The monoisotopic (exact) mass is 211 g/mol. The lowest BCUT2D eigenvalue weighted by Gasteiger charge is -2.28. The largest absolute Gasteiger partial charge is 0.480 e. The summed E-state index contributed by atoms with van der Waals surface area (Å²) in [5.74, 6) is -1.40. The number of hydrogen-bond acceptors (Lipinski definition) is 2. The van der Waals surface area contributed by atoms with Gasteiger partial charge in [-0.3, -0.25) is 9.59 Å². The third kappa shape index (κ3) is 2.37. The van der Waals surface area contributed by atoms with Gasteiger partial charge in [0.25, 0.3) is 0 Å². The Morgan fingerprint density at radius 3 is 2.40 bits per heavy atom. The summed E-state index contributed by atoms with van der Waals surface area (Å²) >= 11 is 0. The molecule has 4 heteroatoms. The summed E-state index contributed by atoms with van der Waals surface area (Å²) in [6, 6.07) is 0.217. The van der Waals surface area contributed by atoms with Crippen molar-refractivity contribution < 1.29 is 14.7 Å². The van der Waals surface area contributed by atoms with Crippen LogP contribution < -0.4 is 0 Å². The van der Waals surface area contributed by atoms with Crippen LogP contribution in [0.5, 0.6) is 0 Å². The molecule has 1 aliphatic carbocycles. The summed E-state index contributed by atoms with van der Waals surface area (Å²) in [5.41, 5.74) is -1.34. The SMILES string of the molecule is C=CCN(C(=O)C(C)(C)C(=O)O)C1CC1. The topological polar surface area (TPSA) is 57.6 Å². The summed E-state index contributed by atoms with van der Waals surface area (Å²) in [6.07, 6.45) is 3.57. The zero-order valence-electron chi connectivity index (χ0n) is 9.19. The van der Waals surface area contributed by atoms with Gasteiger partial charge in [0.1, 0.15) is 5.41 Å². The van der Waals surface area contributed by atoms with Crippen molar-refractivity contribution in [2.24, 2.45) is 5.41 Å². The second kappa shape index (κ2) is 4.04. The van der Waals surface area contributed by atoms with Crippen LogP contribution in [0.2, 0.25) is 0 Å². The molecule has 0 spiro atoms. The first-order valence-corrected chi connectivity index (χ1v) is 5.06. The summed E-state index contributed by atoms with van der Waals surface area (Å²) in [6.45, 7) is 6.89. The van der Waals surface area contributed by atoms with Crippen molar-refractivity contribution in [1.29, 1.82) is 0 Å². The van der Waals surface area contributed by atoms with Gasteiger partial charge in [-0.05, 0) is 26.7 Å². The maximum Gasteiger partial charge on any atom is 0.318 e. The molecule has 4 nitrogen and oxygen atoms in total. The molecule has 0 bridgehead atoms. The fourth-order valence-corrected chi connectivity index (χ4v) is 1.37. The molecule has 1 amide bonds. The zero-order valence-corrected chi connectivity index (χ0v) is 9.19. The lowest BCUT2D eigenvalue weighted by molar-refractivity contribution is -0.158. The summed E-state index contributed by atoms with van der Waals surface area (Å²) in [7, 11) is 0. The van der Waals surface area contributed by atoms with Gasteiger partial charge >= 0.3 is 5.97 Å². The van der Waals surface area contributed by atoms with Crippen LogP contribution in [0.25, 0.3) is 0 Å². The average Bonchev–Trinajstić information content (AvgIpc) is 2.96. The normalized spacial score (nSPS) is 15.9. The van der Waals surface area contributed by atoms with Gasteiger partial charge < -0.3 is 10.0 Å². The molecule has 0 aromatic carbocycles. The Morgan fingerprint density at radius 2 is 2.07 bits per heavy atom. The fourth-order valence-electron chi connectivity index (χ4n) is 1.37. The van der Waals surface area contributed by atoms with Crippen molar-refractivity contribution in [2.45, 2.75) is 32.7 Å². The van der Waals surface area contributed by atoms with Crippen molar-refractivity contribution >= 4 is 11.9 Å². The maximum absolute atomic E-state index is 12.0. The van der Waals surface area contributed by atoms with E-state index in [4.69, 9.17) is 5.11 Å². The Bertz CT molecular complexity index is 292. The highest BCUT2D eigenvalue weighted by Crippen LogP contribution is 2.31. The summed E-state index contributed by atoms with van der Waals surface area (Å²) in [5, 5.41) is 8.96. The van der Waals surface area contributed by atoms with E-state index in [0.717, 1.165) is 12.8 Å². The van der Waals surface area contributed by atoms with Crippen LogP contribution in [0.15, 0.2) is 12.7 Å². The molecule has 0 atom stereocenters. The van der Waals surface area contributed by atoms with Gasteiger partial charge in [0.05, 0.1) is 0 Å². The Labute approximate surface area is 89.6 Å². The molecular formula is C11H17NO3. The van der Waals surface area contributed by atoms with E-state index in [1.54, 1.807) is 11.0 Å². The standard InChI is InChI=1S/C11H17NO3/c1-4-7-12(8-5-6-8)9(13)11(2,3)10(14)15/h4,8H,1,5-7H2,2-3H3,(H,14,15). The predicted molar refractivity (Wildman–Crippen MR) is 56.3 cm³/mol. The summed E-state index contributed by atoms with van der Waals surface area (Å²) < 4.78 is 0. The lowest BCUT2D eigenvalue weighted by Crippen LogP contribution is -2.46. The number of carboxylic acid groups (broad SMARTS) is 1. The molecule has 0 unspecified atom stereocenters. The Balaban J connectivity index is 2.79. The smallest absolute Gasteiger partial charge is 0.318 e. The van der Waals surface area contributed by atoms with Gasteiger partial charge in [-0.2, -0.15) is 0 Å². The van der Waals surface area contributed by atoms with Crippen LogP contribution in [-0.2, 0) is 9.59 Å². The van der Waals surface area contributed by atoms with Crippen LogP contribution in [0.3, 0.4) is 0 Å². The van der Waals surface area contributed by atoms with E-state index in [1.165, 1.54) is 13.8 Å². The molecule has 1 N–H and O–H groups in total.